The minimum absolute atomic E-state index is 0.161. The summed E-state index contributed by atoms with van der Waals surface area (Å²) in [6.07, 6.45) is 2.74. The smallest absolute Gasteiger partial charge is 0.157 e. The molecule has 0 aromatic heterocycles. The zero-order chi connectivity index (χ0) is 11.0. The second-order valence-electron chi connectivity index (χ2n) is 4.21. The van der Waals surface area contributed by atoms with Crippen LogP contribution >= 0.6 is 0 Å². The quantitative estimate of drug-likeness (QED) is 0.617. The molecule has 14 heavy (non-hydrogen) atoms. The van der Waals surface area contributed by atoms with Crippen molar-refractivity contribution >= 4 is 0 Å². The van der Waals surface area contributed by atoms with Gasteiger partial charge in [0.05, 0.1) is 12.2 Å². The molecule has 86 valence electrons. The SMILES string of the molecule is CCCOC(CCC)OCC(C)(C)O. The summed E-state index contributed by atoms with van der Waals surface area (Å²) in [7, 11) is 0. The van der Waals surface area contributed by atoms with E-state index in [1.807, 2.05) is 0 Å². The highest BCUT2D eigenvalue weighted by Crippen LogP contribution is 2.09. The van der Waals surface area contributed by atoms with Crippen LogP contribution in [0, 0.1) is 0 Å². The number of hydrogen-bond acceptors (Lipinski definition) is 3. The molecule has 0 aromatic carbocycles. The van der Waals surface area contributed by atoms with Gasteiger partial charge in [0.1, 0.15) is 0 Å². The maximum Gasteiger partial charge on any atom is 0.157 e. The first-order valence-electron chi connectivity index (χ1n) is 5.45. The zero-order valence-corrected chi connectivity index (χ0v) is 9.88. The van der Waals surface area contributed by atoms with Gasteiger partial charge in [-0.1, -0.05) is 20.3 Å². The third kappa shape index (κ3) is 8.48. The number of rotatable bonds is 8. The summed E-state index contributed by atoms with van der Waals surface area (Å²) < 4.78 is 11.0. The molecule has 0 aromatic rings. The molecular formula is C11H24O3. The fourth-order valence-corrected chi connectivity index (χ4v) is 0.997. The predicted octanol–water partition coefficient (Wildman–Crippen LogP) is 2.33. The van der Waals surface area contributed by atoms with Crippen molar-refractivity contribution in [1.82, 2.24) is 0 Å². The summed E-state index contributed by atoms with van der Waals surface area (Å²) in [5, 5.41) is 9.48. The van der Waals surface area contributed by atoms with Crippen molar-refractivity contribution in [3.05, 3.63) is 0 Å². The summed E-state index contributed by atoms with van der Waals surface area (Å²) in [4.78, 5) is 0. The lowest BCUT2D eigenvalue weighted by molar-refractivity contribution is -0.173. The molecule has 1 atom stereocenters. The standard InChI is InChI=1S/C11H24O3/c1-5-7-10(13-8-6-2)14-9-11(3,4)12/h10,12H,5-9H2,1-4H3. The molecule has 0 radical (unpaired) electrons. The lowest BCUT2D eigenvalue weighted by Crippen LogP contribution is -2.30. The Morgan fingerprint density at radius 3 is 2.21 bits per heavy atom. The van der Waals surface area contributed by atoms with Crippen molar-refractivity contribution in [2.24, 2.45) is 0 Å². The number of ether oxygens (including phenoxy) is 2. The van der Waals surface area contributed by atoms with Gasteiger partial charge in [0, 0.05) is 6.61 Å². The molecule has 0 spiro atoms. The van der Waals surface area contributed by atoms with E-state index in [0.29, 0.717) is 6.61 Å². The monoisotopic (exact) mass is 204 g/mol. The molecule has 0 aliphatic rings. The molecule has 1 unspecified atom stereocenters. The molecule has 1 N–H and O–H groups in total. The zero-order valence-electron chi connectivity index (χ0n) is 9.88. The second-order valence-corrected chi connectivity index (χ2v) is 4.21. The average Bonchev–Trinajstić information content (AvgIpc) is 2.08. The molecule has 0 amide bonds. The van der Waals surface area contributed by atoms with E-state index in [4.69, 9.17) is 9.47 Å². The van der Waals surface area contributed by atoms with Gasteiger partial charge in [0.2, 0.25) is 0 Å². The summed E-state index contributed by atoms with van der Waals surface area (Å²) in [6.45, 7) is 8.66. The fraction of sp³-hybridized carbons (Fsp3) is 1.00. The molecule has 0 rings (SSSR count). The summed E-state index contributed by atoms with van der Waals surface area (Å²) in [6, 6.07) is 0. The molecule has 0 bridgehead atoms. The van der Waals surface area contributed by atoms with Gasteiger partial charge in [-0.3, -0.25) is 0 Å². The van der Waals surface area contributed by atoms with Crippen LogP contribution in [0.3, 0.4) is 0 Å². The first kappa shape index (κ1) is 13.9. The largest absolute Gasteiger partial charge is 0.388 e. The van der Waals surface area contributed by atoms with E-state index >= 15 is 0 Å². The maximum absolute atomic E-state index is 9.48. The first-order chi connectivity index (χ1) is 6.49. The van der Waals surface area contributed by atoms with Gasteiger partial charge in [-0.2, -0.15) is 0 Å². The van der Waals surface area contributed by atoms with E-state index in [1.165, 1.54) is 0 Å². The Kier molecular flexibility index (Phi) is 7.15. The van der Waals surface area contributed by atoms with Crippen LogP contribution in [0.5, 0.6) is 0 Å². The van der Waals surface area contributed by atoms with Crippen molar-refractivity contribution in [1.29, 1.82) is 0 Å². The van der Waals surface area contributed by atoms with Gasteiger partial charge in [0.25, 0.3) is 0 Å². The van der Waals surface area contributed by atoms with Crippen LogP contribution in [0.25, 0.3) is 0 Å². The van der Waals surface area contributed by atoms with Crippen LogP contribution in [0.1, 0.15) is 47.0 Å². The van der Waals surface area contributed by atoms with E-state index in [-0.39, 0.29) is 6.29 Å². The summed E-state index contributed by atoms with van der Waals surface area (Å²) in [5.41, 5.74) is -0.776. The normalized spacial score (nSPS) is 14.4. The number of aliphatic hydroxyl groups is 1. The highest BCUT2D eigenvalue weighted by Gasteiger charge is 2.16. The lowest BCUT2D eigenvalue weighted by Gasteiger charge is -2.23. The second kappa shape index (κ2) is 7.21. The van der Waals surface area contributed by atoms with E-state index < -0.39 is 5.60 Å². The minimum Gasteiger partial charge on any atom is -0.388 e. The van der Waals surface area contributed by atoms with Gasteiger partial charge in [0.15, 0.2) is 6.29 Å². The summed E-state index contributed by atoms with van der Waals surface area (Å²) in [5.74, 6) is 0. The van der Waals surface area contributed by atoms with Crippen molar-refractivity contribution < 1.29 is 14.6 Å². The van der Waals surface area contributed by atoms with Gasteiger partial charge in [-0.25, -0.2) is 0 Å². The lowest BCUT2D eigenvalue weighted by atomic mass is 10.2. The summed E-state index contributed by atoms with van der Waals surface area (Å²) >= 11 is 0. The Labute approximate surface area is 87.4 Å². The average molecular weight is 204 g/mol. The maximum atomic E-state index is 9.48. The molecule has 0 fully saturated rings. The number of hydrogen-bond donors (Lipinski definition) is 1. The molecule has 3 nitrogen and oxygen atoms in total. The Morgan fingerprint density at radius 1 is 1.14 bits per heavy atom. The Hall–Kier alpha value is -0.120. The van der Waals surface area contributed by atoms with Crippen LogP contribution in [0.15, 0.2) is 0 Å². The van der Waals surface area contributed by atoms with E-state index in [0.717, 1.165) is 25.9 Å². The van der Waals surface area contributed by atoms with Gasteiger partial charge >= 0.3 is 0 Å². The minimum atomic E-state index is -0.776. The first-order valence-corrected chi connectivity index (χ1v) is 5.45. The van der Waals surface area contributed by atoms with Crippen molar-refractivity contribution in [3.63, 3.8) is 0 Å². The molecule has 0 aliphatic heterocycles. The van der Waals surface area contributed by atoms with Crippen LogP contribution < -0.4 is 0 Å². The van der Waals surface area contributed by atoms with E-state index in [9.17, 15) is 5.11 Å². The Bertz CT molecular complexity index is 129. The molecule has 0 saturated heterocycles. The van der Waals surface area contributed by atoms with Gasteiger partial charge < -0.3 is 14.6 Å². The Morgan fingerprint density at radius 2 is 1.79 bits per heavy atom. The fourth-order valence-electron chi connectivity index (χ4n) is 0.997. The highest BCUT2D eigenvalue weighted by molar-refractivity contribution is 4.63. The molecule has 0 aliphatic carbocycles. The molecular weight excluding hydrogens is 180 g/mol. The molecule has 0 saturated carbocycles. The molecule has 0 heterocycles. The van der Waals surface area contributed by atoms with Crippen LogP contribution in [-0.2, 0) is 9.47 Å². The third-order valence-electron chi connectivity index (χ3n) is 1.65. The Balaban J connectivity index is 3.72. The van der Waals surface area contributed by atoms with Gasteiger partial charge in [-0.05, 0) is 26.7 Å². The predicted molar refractivity (Wildman–Crippen MR) is 57.2 cm³/mol. The topological polar surface area (TPSA) is 38.7 Å². The van der Waals surface area contributed by atoms with Crippen molar-refractivity contribution in [2.45, 2.75) is 58.8 Å². The van der Waals surface area contributed by atoms with Gasteiger partial charge in [-0.15, -0.1) is 0 Å². The van der Waals surface area contributed by atoms with E-state index in [1.54, 1.807) is 13.8 Å². The molecule has 3 heteroatoms. The third-order valence-corrected chi connectivity index (χ3v) is 1.65. The highest BCUT2D eigenvalue weighted by atomic mass is 16.7. The van der Waals surface area contributed by atoms with Crippen LogP contribution in [0.4, 0.5) is 0 Å². The van der Waals surface area contributed by atoms with Crippen LogP contribution in [0.2, 0.25) is 0 Å². The van der Waals surface area contributed by atoms with E-state index in [2.05, 4.69) is 13.8 Å². The van der Waals surface area contributed by atoms with Crippen molar-refractivity contribution in [3.8, 4) is 0 Å². The van der Waals surface area contributed by atoms with Crippen molar-refractivity contribution in [2.75, 3.05) is 13.2 Å². The van der Waals surface area contributed by atoms with Crippen LogP contribution in [-0.4, -0.2) is 30.2 Å².